The van der Waals surface area contributed by atoms with Crippen LogP contribution in [0.15, 0.2) is 24.7 Å². The fourth-order valence-corrected chi connectivity index (χ4v) is 1.35. The monoisotopic (exact) mass is 233 g/mol. The molecule has 0 aliphatic carbocycles. The quantitative estimate of drug-likeness (QED) is 0.759. The third-order valence-electron chi connectivity index (χ3n) is 2.10. The van der Waals surface area contributed by atoms with Crippen LogP contribution in [-0.2, 0) is 13.0 Å². The topological polar surface area (TPSA) is 112 Å². The van der Waals surface area contributed by atoms with Crippen LogP contribution in [0.4, 0.5) is 10.6 Å². The molecule has 2 aromatic heterocycles. The predicted molar refractivity (Wildman–Crippen MR) is 59.0 cm³/mol. The van der Waals surface area contributed by atoms with E-state index in [0.29, 0.717) is 12.4 Å². The van der Waals surface area contributed by atoms with Gasteiger partial charge in [-0.2, -0.15) is 0 Å². The second-order valence-corrected chi connectivity index (χ2v) is 3.36. The molecular weight excluding hydrogens is 222 g/mol. The van der Waals surface area contributed by atoms with E-state index in [4.69, 9.17) is 5.73 Å². The molecule has 8 nitrogen and oxygen atoms in total. The first-order valence-electron chi connectivity index (χ1n) is 4.96. The Bertz CT molecular complexity index is 496. The van der Waals surface area contributed by atoms with Crippen molar-refractivity contribution >= 4 is 11.8 Å². The van der Waals surface area contributed by atoms with E-state index in [2.05, 4.69) is 25.8 Å². The number of rotatable bonds is 4. The lowest BCUT2D eigenvalue weighted by Gasteiger charge is -2.04. The lowest BCUT2D eigenvalue weighted by molar-refractivity contribution is 0.259. The molecular formula is C9H11N7O. The Kier molecular flexibility index (Phi) is 3.24. The van der Waals surface area contributed by atoms with Crippen molar-refractivity contribution in [2.24, 2.45) is 5.73 Å². The molecule has 0 aromatic carbocycles. The minimum absolute atomic E-state index is 0.437. The van der Waals surface area contributed by atoms with E-state index in [1.165, 1.54) is 0 Å². The molecule has 0 aliphatic rings. The molecule has 0 bridgehead atoms. The SMILES string of the molecule is NC(=O)Nc1cc(CCn2cnnn2)ccn1. The summed E-state index contributed by atoms with van der Waals surface area (Å²) in [6.45, 7) is 0.660. The van der Waals surface area contributed by atoms with Gasteiger partial charge >= 0.3 is 6.03 Å². The van der Waals surface area contributed by atoms with Crippen LogP contribution in [0.2, 0.25) is 0 Å². The summed E-state index contributed by atoms with van der Waals surface area (Å²) < 4.78 is 1.63. The van der Waals surface area contributed by atoms with Gasteiger partial charge in [-0.1, -0.05) is 0 Å². The summed E-state index contributed by atoms with van der Waals surface area (Å²) in [4.78, 5) is 14.6. The zero-order chi connectivity index (χ0) is 12.1. The minimum Gasteiger partial charge on any atom is -0.351 e. The average molecular weight is 233 g/mol. The van der Waals surface area contributed by atoms with Crippen LogP contribution in [0.5, 0.6) is 0 Å². The zero-order valence-electron chi connectivity index (χ0n) is 8.95. The van der Waals surface area contributed by atoms with Gasteiger partial charge in [0.25, 0.3) is 0 Å². The Morgan fingerprint density at radius 1 is 1.53 bits per heavy atom. The van der Waals surface area contributed by atoms with Gasteiger partial charge in [-0.15, -0.1) is 5.10 Å². The Morgan fingerprint density at radius 2 is 2.41 bits per heavy atom. The number of pyridine rings is 1. The lowest BCUT2D eigenvalue weighted by Crippen LogP contribution is -2.20. The van der Waals surface area contributed by atoms with Crippen molar-refractivity contribution in [1.29, 1.82) is 0 Å². The predicted octanol–water partition coefficient (Wildman–Crippen LogP) is -0.199. The largest absolute Gasteiger partial charge is 0.351 e. The highest BCUT2D eigenvalue weighted by molar-refractivity contribution is 5.86. The number of hydrogen-bond acceptors (Lipinski definition) is 5. The number of tetrazole rings is 1. The number of primary amides is 1. The standard InChI is InChI=1S/C9H11N7O/c10-9(17)13-8-5-7(1-3-11-8)2-4-16-6-12-14-15-16/h1,3,5-6H,2,4H2,(H3,10,11,13,17). The molecule has 0 unspecified atom stereocenters. The molecule has 0 atom stereocenters. The van der Waals surface area contributed by atoms with Crippen LogP contribution in [0.25, 0.3) is 0 Å². The molecule has 8 heteroatoms. The summed E-state index contributed by atoms with van der Waals surface area (Å²) in [7, 11) is 0. The number of hydrogen-bond donors (Lipinski definition) is 2. The first-order valence-corrected chi connectivity index (χ1v) is 4.96. The van der Waals surface area contributed by atoms with Crippen LogP contribution >= 0.6 is 0 Å². The number of carbonyl (C=O) groups excluding carboxylic acids is 1. The van der Waals surface area contributed by atoms with Gasteiger partial charge in [-0.25, -0.2) is 14.5 Å². The molecule has 0 saturated heterocycles. The van der Waals surface area contributed by atoms with Crippen molar-refractivity contribution in [1.82, 2.24) is 25.2 Å². The second-order valence-electron chi connectivity index (χ2n) is 3.36. The van der Waals surface area contributed by atoms with Crippen LogP contribution in [0.3, 0.4) is 0 Å². The molecule has 2 amide bonds. The maximum Gasteiger partial charge on any atom is 0.317 e. The highest BCUT2D eigenvalue weighted by atomic mass is 16.2. The van der Waals surface area contributed by atoms with Crippen LogP contribution in [0.1, 0.15) is 5.56 Å². The summed E-state index contributed by atoms with van der Waals surface area (Å²) >= 11 is 0. The Balaban J connectivity index is 1.98. The van der Waals surface area contributed by atoms with Crippen molar-refractivity contribution < 1.29 is 4.79 Å². The molecule has 3 N–H and O–H groups in total. The van der Waals surface area contributed by atoms with Crippen LogP contribution in [-0.4, -0.2) is 31.2 Å². The normalized spacial score (nSPS) is 10.1. The van der Waals surface area contributed by atoms with Gasteiger partial charge in [0.15, 0.2) is 0 Å². The molecule has 0 aliphatic heterocycles. The van der Waals surface area contributed by atoms with E-state index < -0.39 is 6.03 Å². The van der Waals surface area contributed by atoms with Gasteiger partial charge in [0.1, 0.15) is 12.1 Å². The molecule has 2 aromatic rings. The van der Waals surface area contributed by atoms with E-state index in [0.717, 1.165) is 12.0 Å². The number of nitrogens with two attached hydrogens (primary N) is 1. The van der Waals surface area contributed by atoms with E-state index >= 15 is 0 Å². The molecule has 0 saturated carbocycles. The molecule has 88 valence electrons. The summed E-state index contributed by atoms with van der Waals surface area (Å²) in [6, 6.07) is 2.99. The maximum absolute atomic E-state index is 10.7. The summed E-state index contributed by atoms with van der Waals surface area (Å²) in [5.41, 5.74) is 6.02. The van der Waals surface area contributed by atoms with Crippen molar-refractivity contribution in [3.8, 4) is 0 Å². The Hall–Kier alpha value is -2.51. The van der Waals surface area contributed by atoms with Crippen LogP contribution in [0, 0.1) is 0 Å². The number of anilines is 1. The lowest BCUT2D eigenvalue weighted by atomic mass is 10.2. The van der Waals surface area contributed by atoms with Gasteiger partial charge in [-0.05, 0) is 34.5 Å². The molecule has 17 heavy (non-hydrogen) atoms. The summed E-state index contributed by atoms with van der Waals surface area (Å²) in [5.74, 6) is 0.437. The number of nitrogens with zero attached hydrogens (tertiary/aromatic N) is 5. The van der Waals surface area contributed by atoms with Gasteiger partial charge in [0, 0.05) is 12.7 Å². The van der Waals surface area contributed by atoms with E-state index in [-0.39, 0.29) is 0 Å². The number of aromatic nitrogens is 5. The van der Waals surface area contributed by atoms with Crippen molar-refractivity contribution in [2.75, 3.05) is 5.32 Å². The number of nitrogens with one attached hydrogen (secondary N) is 1. The molecule has 0 spiro atoms. The number of carbonyl (C=O) groups is 1. The summed E-state index contributed by atoms with van der Waals surface area (Å²) in [5, 5.41) is 13.2. The fraction of sp³-hybridized carbons (Fsp3) is 0.222. The maximum atomic E-state index is 10.7. The Morgan fingerprint density at radius 3 is 3.12 bits per heavy atom. The first-order chi connectivity index (χ1) is 8.24. The van der Waals surface area contributed by atoms with Gasteiger partial charge < -0.3 is 5.73 Å². The van der Waals surface area contributed by atoms with Crippen LogP contribution < -0.4 is 11.1 Å². The minimum atomic E-state index is -0.630. The molecule has 2 heterocycles. The van der Waals surface area contributed by atoms with Gasteiger partial charge in [0.2, 0.25) is 0 Å². The van der Waals surface area contributed by atoms with Crippen molar-refractivity contribution in [3.63, 3.8) is 0 Å². The van der Waals surface area contributed by atoms with Crippen molar-refractivity contribution in [3.05, 3.63) is 30.2 Å². The fourth-order valence-electron chi connectivity index (χ4n) is 1.35. The molecule has 0 radical (unpaired) electrons. The number of aryl methyl sites for hydroxylation is 2. The first kappa shape index (κ1) is 11.0. The summed E-state index contributed by atoms with van der Waals surface area (Å²) in [6.07, 6.45) is 3.89. The zero-order valence-corrected chi connectivity index (χ0v) is 8.95. The van der Waals surface area contributed by atoms with E-state index in [9.17, 15) is 4.79 Å². The third kappa shape index (κ3) is 3.23. The van der Waals surface area contributed by atoms with E-state index in [1.807, 2.05) is 6.07 Å². The Labute approximate surface area is 96.8 Å². The van der Waals surface area contributed by atoms with Gasteiger partial charge in [0.05, 0.1) is 0 Å². The number of amides is 2. The average Bonchev–Trinajstić information content (AvgIpc) is 2.79. The van der Waals surface area contributed by atoms with E-state index in [1.54, 1.807) is 23.3 Å². The van der Waals surface area contributed by atoms with Gasteiger partial charge in [-0.3, -0.25) is 5.32 Å². The molecule has 0 fully saturated rings. The second kappa shape index (κ2) is 5.01. The highest BCUT2D eigenvalue weighted by Gasteiger charge is 2.00. The third-order valence-corrected chi connectivity index (χ3v) is 2.10. The smallest absolute Gasteiger partial charge is 0.317 e. The van der Waals surface area contributed by atoms with Crippen molar-refractivity contribution in [2.45, 2.75) is 13.0 Å². The highest BCUT2D eigenvalue weighted by Crippen LogP contribution is 2.07. The number of urea groups is 1. The molecule has 2 rings (SSSR count).